The van der Waals surface area contributed by atoms with Gasteiger partial charge in [-0.2, -0.15) is 5.10 Å². The van der Waals surface area contributed by atoms with Crippen LogP contribution in [0.3, 0.4) is 0 Å². The van der Waals surface area contributed by atoms with E-state index < -0.39 is 5.91 Å². The fourth-order valence-corrected chi connectivity index (χ4v) is 2.46. The second kappa shape index (κ2) is 7.56. The number of para-hydroxylation sites is 2. The quantitative estimate of drug-likeness (QED) is 0.622. The van der Waals surface area contributed by atoms with E-state index in [2.05, 4.69) is 10.5 Å². The second-order valence-electron chi connectivity index (χ2n) is 5.46. The maximum atomic E-state index is 12.1. The largest absolute Gasteiger partial charge is 0.504 e. The predicted octanol–water partition coefficient (Wildman–Crippen LogP) is 1.28. The zero-order valence-corrected chi connectivity index (χ0v) is 14.0. The highest BCUT2D eigenvalue weighted by atomic mass is 16.5. The van der Waals surface area contributed by atoms with Gasteiger partial charge in [-0.1, -0.05) is 12.1 Å². The topological polar surface area (TPSA) is 100 Å². The second-order valence-corrected chi connectivity index (χ2v) is 5.46. The van der Waals surface area contributed by atoms with Crippen molar-refractivity contribution in [2.24, 2.45) is 5.10 Å². The summed E-state index contributed by atoms with van der Waals surface area (Å²) < 4.78 is 10.3. The molecule has 8 heteroatoms. The van der Waals surface area contributed by atoms with E-state index in [1.54, 1.807) is 36.4 Å². The Morgan fingerprint density at radius 2 is 2.19 bits per heavy atom. The summed E-state index contributed by atoms with van der Waals surface area (Å²) in [4.78, 5) is 25.5. The number of nitrogens with one attached hydrogen (secondary N) is 1. The molecule has 1 aliphatic heterocycles. The van der Waals surface area contributed by atoms with Gasteiger partial charge in [0.2, 0.25) is 0 Å². The third-order valence-corrected chi connectivity index (χ3v) is 3.72. The molecule has 3 rings (SSSR count). The normalized spacial score (nSPS) is 13.3. The van der Waals surface area contributed by atoms with Gasteiger partial charge in [0.25, 0.3) is 11.8 Å². The Kier molecular flexibility index (Phi) is 5.02. The number of anilines is 1. The smallest absolute Gasteiger partial charge is 0.265 e. The van der Waals surface area contributed by atoms with E-state index in [0.29, 0.717) is 22.7 Å². The van der Waals surface area contributed by atoms with E-state index in [-0.39, 0.29) is 24.8 Å². The predicted molar refractivity (Wildman–Crippen MR) is 94.7 cm³/mol. The van der Waals surface area contributed by atoms with Gasteiger partial charge in [-0.05, 0) is 35.9 Å². The van der Waals surface area contributed by atoms with Crippen molar-refractivity contribution in [1.82, 2.24) is 5.43 Å². The molecule has 0 bridgehead atoms. The Morgan fingerprint density at radius 1 is 1.38 bits per heavy atom. The van der Waals surface area contributed by atoms with Crippen molar-refractivity contribution in [2.45, 2.75) is 0 Å². The van der Waals surface area contributed by atoms with Gasteiger partial charge >= 0.3 is 0 Å². The van der Waals surface area contributed by atoms with E-state index in [1.807, 2.05) is 0 Å². The number of benzene rings is 2. The SMILES string of the molecule is COc1cc(/C=N/NC(=O)CN2C(=O)COc3ccccc32)ccc1O. The summed E-state index contributed by atoms with van der Waals surface area (Å²) >= 11 is 0. The Labute approximate surface area is 149 Å². The average molecular weight is 355 g/mol. The van der Waals surface area contributed by atoms with Gasteiger partial charge in [0.15, 0.2) is 18.1 Å². The molecule has 0 atom stereocenters. The summed E-state index contributed by atoms with van der Waals surface area (Å²) in [5, 5.41) is 13.4. The van der Waals surface area contributed by atoms with Gasteiger partial charge in [0, 0.05) is 0 Å². The van der Waals surface area contributed by atoms with Crippen LogP contribution < -0.4 is 19.8 Å². The van der Waals surface area contributed by atoms with Crippen molar-refractivity contribution in [3.63, 3.8) is 0 Å². The van der Waals surface area contributed by atoms with Gasteiger partial charge in [-0.25, -0.2) is 5.43 Å². The monoisotopic (exact) mass is 355 g/mol. The number of fused-ring (bicyclic) bond motifs is 1. The third-order valence-electron chi connectivity index (χ3n) is 3.72. The van der Waals surface area contributed by atoms with Gasteiger partial charge in [-0.3, -0.25) is 14.5 Å². The minimum Gasteiger partial charge on any atom is -0.504 e. The van der Waals surface area contributed by atoms with Crippen LogP contribution in [0, 0.1) is 0 Å². The zero-order valence-electron chi connectivity index (χ0n) is 14.0. The zero-order chi connectivity index (χ0) is 18.5. The number of aromatic hydroxyl groups is 1. The summed E-state index contributed by atoms with van der Waals surface area (Å²) in [7, 11) is 1.44. The van der Waals surface area contributed by atoms with Crippen LogP contribution in [-0.2, 0) is 9.59 Å². The number of phenols is 1. The van der Waals surface area contributed by atoms with E-state index in [9.17, 15) is 14.7 Å². The highest BCUT2D eigenvalue weighted by molar-refractivity contribution is 6.02. The molecule has 0 unspecified atom stereocenters. The molecule has 1 aliphatic rings. The molecule has 0 saturated carbocycles. The van der Waals surface area contributed by atoms with Crippen molar-refractivity contribution in [3.8, 4) is 17.2 Å². The lowest BCUT2D eigenvalue weighted by Gasteiger charge is -2.28. The standard InChI is InChI=1S/C18H17N3O5/c1-25-16-8-12(6-7-14(16)22)9-19-20-17(23)10-21-13-4-2-3-5-15(13)26-11-18(21)24/h2-9,22H,10-11H2,1H3,(H,20,23)/b19-9+. The Morgan fingerprint density at radius 3 is 3.00 bits per heavy atom. The van der Waals surface area contributed by atoms with Crippen LogP contribution in [0.4, 0.5) is 5.69 Å². The van der Waals surface area contributed by atoms with Gasteiger partial charge < -0.3 is 14.6 Å². The number of methoxy groups -OCH3 is 1. The highest BCUT2D eigenvalue weighted by Crippen LogP contribution is 2.31. The number of ether oxygens (including phenoxy) is 2. The average Bonchev–Trinajstić information content (AvgIpc) is 2.65. The summed E-state index contributed by atoms with van der Waals surface area (Å²) in [5.41, 5.74) is 3.55. The summed E-state index contributed by atoms with van der Waals surface area (Å²) in [5.74, 6) is 0.122. The van der Waals surface area contributed by atoms with E-state index >= 15 is 0 Å². The molecule has 2 aromatic rings. The minimum atomic E-state index is -0.447. The molecule has 1 heterocycles. The molecule has 8 nitrogen and oxygen atoms in total. The molecule has 0 saturated heterocycles. The summed E-state index contributed by atoms with van der Waals surface area (Å²) in [6, 6.07) is 11.7. The van der Waals surface area contributed by atoms with Crippen LogP contribution in [0.2, 0.25) is 0 Å². The molecule has 0 spiro atoms. The number of hydrazone groups is 1. The van der Waals surface area contributed by atoms with Crippen LogP contribution in [0.5, 0.6) is 17.2 Å². The molecule has 0 radical (unpaired) electrons. The first-order valence-electron chi connectivity index (χ1n) is 7.79. The van der Waals surface area contributed by atoms with E-state index in [0.717, 1.165) is 0 Å². The summed E-state index contributed by atoms with van der Waals surface area (Å²) in [6.07, 6.45) is 1.41. The Hall–Kier alpha value is -3.55. The minimum absolute atomic E-state index is 0.0122. The van der Waals surface area contributed by atoms with Crippen molar-refractivity contribution >= 4 is 23.7 Å². The number of phenolic OH excluding ortho intramolecular Hbond substituents is 1. The molecule has 2 N–H and O–H groups in total. The van der Waals surface area contributed by atoms with Crippen molar-refractivity contribution in [2.75, 3.05) is 25.2 Å². The lowest BCUT2D eigenvalue weighted by molar-refractivity contribution is -0.125. The fraction of sp³-hybridized carbons (Fsp3) is 0.167. The number of amides is 2. The lowest BCUT2D eigenvalue weighted by Crippen LogP contribution is -2.44. The molecule has 26 heavy (non-hydrogen) atoms. The molecule has 0 aliphatic carbocycles. The first kappa shape index (κ1) is 17.3. The molecule has 0 aromatic heterocycles. The lowest BCUT2D eigenvalue weighted by atomic mass is 10.2. The third kappa shape index (κ3) is 3.75. The van der Waals surface area contributed by atoms with Crippen molar-refractivity contribution < 1.29 is 24.2 Å². The number of carbonyl (C=O) groups excluding carboxylic acids is 2. The van der Waals surface area contributed by atoms with Crippen LogP contribution in [0.15, 0.2) is 47.6 Å². The first-order valence-corrected chi connectivity index (χ1v) is 7.79. The van der Waals surface area contributed by atoms with E-state index in [1.165, 1.54) is 24.3 Å². The number of carbonyl (C=O) groups is 2. The molecular formula is C18H17N3O5. The number of rotatable bonds is 5. The van der Waals surface area contributed by atoms with Crippen LogP contribution in [0.25, 0.3) is 0 Å². The first-order chi connectivity index (χ1) is 12.6. The molecule has 0 fully saturated rings. The number of nitrogens with zero attached hydrogens (tertiary/aromatic N) is 2. The van der Waals surface area contributed by atoms with Crippen LogP contribution in [-0.4, -0.2) is 43.4 Å². The Balaban J connectivity index is 1.63. The molecule has 134 valence electrons. The van der Waals surface area contributed by atoms with Crippen LogP contribution in [0.1, 0.15) is 5.56 Å². The van der Waals surface area contributed by atoms with Crippen molar-refractivity contribution in [3.05, 3.63) is 48.0 Å². The maximum Gasteiger partial charge on any atom is 0.265 e. The van der Waals surface area contributed by atoms with E-state index in [4.69, 9.17) is 9.47 Å². The molecular weight excluding hydrogens is 338 g/mol. The fourth-order valence-electron chi connectivity index (χ4n) is 2.46. The van der Waals surface area contributed by atoms with Gasteiger partial charge in [0.1, 0.15) is 12.3 Å². The summed E-state index contributed by atoms with van der Waals surface area (Å²) in [6.45, 7) is -0.281. The van der Waals surface area contributed by atoms with Gasteiger partial charge in [-0.15, -0.1) is 0 Å². The van der Waals surface area contributed by atoms with Gasteiger partial charge in [0.05, 0.1) is 19.0 Å². The number of hydrogen-bond donors (Lipinski definition) is 2. The molecule has 2 amide bonds. The maximum absolute atomic E-state index is 12.1. The number of hydrogen-bond acceptors (Lipinski definition) is 6. The molecule has 2 aromatic carbocycles. The highest BCUT2D eigenvalue weighted by Gasteiger charge is 2.26. The van der Waals surface area contributed by atoms with Crippen molar-refractivity contribution in [1.29, 1.82) is 0 Å². The Bertz CT molecular complexity index is 866. The van der Waals surface area contributed by atoms with Crippen LogP contribution >= 0.6 is 0 Å².